The molecule has 0 unspecified atom stereocenters. The highest BCUT2D eigenvalue weighted by molar-refractivity contribution is 7.09. The highest BCUT2D eigenvalue weighted by atomic mass is 32.1. The van der Waals surface area contributed by atoms with E-state index in [-0.39, 0.29) is 6.61 Å². The molecule has 0 radical (unpaired) electrons. The van der Waals surface area contributed by atoms with Crippen LogP contribution in [0.1, 0.15) is 16.3 Å². The van der Waals surface area contributed by atoms with E-state index in [0.717, 1.165) is 22.0 Å². The number of ether oxygens (including phenoxy) is 1. The van der Waals surface area contributed by atoms with Crippen LogP contribution in [0.3, 0.4) is 0 Å². The molecule has 1 heterocycles. The van der Waals surface area contributed by atoms with E-state index in [2.05, 4.69) is 4.98 Å². The molecule has 0 amide bonds. The van der Waals surface area contributed by atoms with Gasteiger partial charge < -0.3 is 9.84 Å². The number of nitrogens with zero attached hydrogens (tertiary/aromatic N) is 1. The van der Waals surface area contributed by atoms with Crippen molar-refractivity contribution in [1.29, 1.82) is 0 Å². The minimum absolute atomic E-state index is 0.0615. The highest BCUT2D eigenvalue weighted by Gasteiger charge is 2.00. The molecule has 2 rings (SSSR count). The predicted molar refractivity (Wildman–Crippen MR) is 63.5 cm³/mol. The van der Waals surface area contributed by atoms with Crippen LogP contribution in [0.25, 0.3) is 0 Å². The molecular formula is C12H13NO2S. The van der Waals surface area contributed by atoms with Crippen LogP contribution in [0, 0.1) is 6.92 Å². The highest BCUT2D eigenvalue weighted by Crippen LogP contribution is 2.16. The van der Waals surface area contributed by atoms with Crippen LogP contribution in [-0.4, -0.2) is 10.1 Å². The average molecular weight is 235 g/mol. The molecule has 0 saturated carbocycles. The fourth-order valence-corrected chi connectivity index (χ4v) is 1.99. The Morgan fingerprint density at radius 3 is 2.62 bits per heavy atom. The molecule has 0 aliphatic carbocycles. The molecule has 0 aliphatic rings. The number of hydrogen-bond donors (Lipinski definition) is 1. The Morgan fingerprint density at radius 2 is 2.06 bits per heavy atom. The molecule has 4 heteroatoms. The van der Waals surface area contributed by atoms with E-state index in [0.29, 0.717) is 6.61 Å². The summed E-state index contributed by atoms with van der Waals surface area (Å²) in [5, 5.41) is 11.9. The van der Waals surface area contributed by atoms with Crippen LogP contribution in [0.5, 0.6) is 5.75 Å². The lowest BCUT2D eigenvalue weighted by atomic mass is 10.2. The maximum atomic E-state index is 8.89. The monoisotopic (exact) mass is 235 g/mol. The van der Waals surface area contributed by atoms with Gasteiger partial charge in [0.15, 0.2) is 0 Å². The maximum Gasteiger partial charge on any atom is 0.140 e. The number of aliphatic hydroxyl groups excluding tert-OH is 1. The zero-order chi connectivity index (χ0) is 11.4. The van der Waals surface area contributed by atoms with E-state index in [1.165, 1.54) is 0 Å². The molecule has 0 bridgehead atoms. The molecule has 16 heavy (non-hydrogen) atoms. The molecular weight excluding hydrogens is 222 g/mol. The Labute approximate surface area is 98.4 Å². The number of aryl methyl sites for hydroxylation is 1. The summed E-state index contributed by atoms with van der Waals surface area (Å²) in [7, 11) is 0. The molecule has 0 fully saturated rings. The van der Waals surface area contributed by atoms with Crippen molar-refractivity contribution in [3.8, 4) is 5.75 Å². The fraction of sp³-hybridized carbons (Fsp3) is 0.250. The van der Waals surface area contributed by atoms with Gasteiger partial charge >= 0.3 is 0 Å². The van der Waals surface area contributed by atoms with Gasteiger partial charge in [0.2, 0.25) is 0 Å². The molecule has 1 aromatic heterocycles. The molecule has 0 saturated heterocycles. The first-order chi connectivity index (χ1) is 7.78. The summed E-state index contributed by atoms with van der Waals surface area (Å²) in [6.07, 6.45) is 0. The van der Waals surface area contributed by atoms with E-state index >= 15 is 0 Å². The SMILES string of the molecule is Cc1csc(COc2ccc(CO)cc2)n1. The summed E-state index contributed by atoms with van der Waals surface area (Å²) < 4.78 is 5.57. The number of rotatable bonds is 4. The van der Waals surface area contributed by atoms with Gasteiger partial charge in [-0.3, -0.25) is 0 Å². The minimum Gasteiger partial charge on any atom is -0.486 e. The Balaban J connectivity index is 1.94. The third kappa shape index (κ3) is 2.81. The maximum absolute atomic E-state index is 8.89. The molecule has 1 aromatic carbocycles. The molecule has 2 aromatic rings. The van der Waals surface area contributed by atoms with Gasteiger partial charge in [0.1, 0.15) is 17.4 Å². The average Bonchev–Trinajstić information content (AvgIpc) is 2.73. The number of hydrogen-bond acceptors (Lipinski definition) is 4. The van der Waals surface area contributed by atoms with Crippen molar-refractivity contribution in [2.75, 3.05) is 0 Å². The second kappa shape index (κ2) is 5.09. The lowest BCUT2D eigenvalue weighted by molar-refractivity contribution is 0.280. The number of aromatic nitrogens is 1. The van der Waals surface area contributed by atoms with Gasteiger partial charge in [-0.25, -0.2) is 4.98 Å². The Bertz CT molecular complexity index is 450. The zero-order valence-electron chi connectivity index (χ0n) is 9.01. The first-order valence-electron chi connectivity index (χ1n) is 5.01. The van der Waals surface area contributed by atoms with Gasteiger partial charge in [-0.15, -0.1) is 11.3 Å². The van der Waals surface area contributed by atoms with E-state index in [4.69, 9.17) is 9.84 Å². The zero-order valence-corrected chi connectivity index (χ0v) is 9.83. The first-order valence-corrected chi connectivity index (χ1v) is 5.89. The predicted octanol–water partition coefficient (Wildman–Crippen LogP) is 2.52. The summed E-state index contributed by atoms with van der Waals surface area (Å²) in [6.45, 7) is 2.53. The van der Waals surface area contributed by atoms with Gasteiger partial charge in [-0.1, -0.05) is 12.1 Å². The molecule has 3 nitrogen and oxygen atoms in total. The standard InChI is InChI=1S/C12H13NO2S/c1-9-8-16-12(13-9)7-15-11-4-2-10(6-14)3-5-11/h2-5,8,14H,6-7H2,1H3. The molecule has 1 N–H and O–H groups in total. The topological polar surface area (TPSA) is 42.4 Å². The smallest absolute Gasteiger partial charge is 0.140 e. The second-order valence-electron chi connectivity index (χ2n) is 3.47. The summed E-state index contributed by atoms with van der Waals surface area (Å²) >= 11 is 1.60. The van der Waals surface area contributed by atoms with Crippen LogP contribution in [0.4, 0.5) is 0 Å². The van der Waals surface area contributed by atoms with Gasteiger partial charge in [0.05, 0.1) is 6.61 Å². The van der Waals surface area contributed by atoms with Crippen molar-refractivity contribution in [3.05, 3.63) is 45.9 Å². The Hall–Kier alpha value is -1.39. The third-order valence-electron chi connectivity index (χ3n) is 2.13. The van der Waals surface area contributed by atoms with E-state index in [9.17, 15) is 0 Å². The second-order valence-corrected chi connectivity index (χ2v) is 4.42. The van der Waals surface area contributed by atoms with Crippen molar-refractivity contribution in [2.45, 2.75) is 20.1 Å². The first kappa shape index (κ1) is 11.1. The van der Waals surface area contributed by atoms with Crippen molar-refractivity contribution >= 4 is 11.3 Å². The van der Waals surface area contributed by atoms with Gasteiger partial charge in [-0.05, 0) is 24.6 Å². The summed E-state index contributed by atoms with van der Waals surface area (Å²) in [4.78, 5) is 4.31. The quantitative estimate of drug-likeness (QED) is 0.885. The van der Waals surface area contributed by atoms with Crippen LogP contribution in [0.15, 0.2) is 29.6 Å². The van der Waals surface area contributed by atoms with Crippen molar-refractivity contribution in [1.82, 2.24) is 4.98 Å². The van der Waals surface area contributed by atoms with Crippen molar-refractivity contribution in [2.24, 2.45) is 0 Å². The Morgan fingerprint density at radius 1 is 1.31 bits per heavy atom. The van der Waals surface area contributed by atoms with Gasteiger partial charge in [0.25, 0.3) is 0 Å². The molecule has 84 valence electrons. The van der Waals surface area contributed by atoms with Crippen LogP contribution >= 0.6 is 11.3 Å². The molecule has 0 atom stereocenters. The van der Waals surface area contributed by atoms with Crippen molar-refractivity contribution < 1.29 is 9.84 Å². The summed E-state index contributed by atoms with van der Waals surface area (Å²) in [5.74, 6) is 0.796. The third-order valence-corrected chi connectivity index (χ3v) is 3.07. The number of benzene rings is 1. The number of thiazole rings is 1. The largest absolute Gasteiger partial charge is 0.486 e. The van der Waals surface area contributed by atoms with Crippen molar-refractivity contribution in [3.63, 3.8) is 0 Å². The van der Waals surface area contributed by atoms with Crippen LogP contribution in [0.2, 0.25) is 0 Å². The van der Waals surface area contributed by atoms with Gasteiger partial charge in [-0.2, -0.15) is 0 Å². The summed E-state index contributed by atoms with van der Waals surface area (Å²) in [5.41, 5.74) is 1.91. The minimum atomic E-state index is 0.0615. The molecule has 0 aliphatic heterocycles. The number of aliphatic hydroxyl groups is 1. The van der Waals surface area contributed by atoms with Crippen LogP contribution in [-0.2, 0) is 13.2 Å². The van der Waals surface area contributed by atoms with Crippen LogP contribution < -0.4 is 4.74 Å². The van der Waals surface area contributed by atoms with E-state index in [1.807, 2.05) is 36.6 Å². The fourth-order valence-electron chi connectivity index (χ4n) is 1.31. The Kier molecular flexibility index (Phi) is 3.54. The van der Waals surface area contributed by atoms with Gasteiger partial charge in [0, 0.05) is 11.1 Å². The lowest BCUT2D eigenvalue weighted by Crippen LogP contribution is -1.95. The normalized spacial score (nSPS) is 10.4. The molecule has 0 spiro atoms. The summed E-state index contributed by atoms with van der Waals surface area (Å²) in [6, 6.07) is 7.41. The van der Waals surface area contributed by atoms with E-state index < -0.39 is 0 Å². The van der Waals surface area contributed by atoms with E-state index in [1.54, 1.807) is 11.3 Å². The lowest BCUT2D eigenvalue weighted by Gasteiger charge is -2.04.